The molecular formula is C17H17BrClN. The van der Waals surface area contributed by atoms with Gasteiger partial charge in [-0.2, -0.15) is 0 Å². The molecule has 3 heteroatoms. The quantitative estimate of drug-likeness (QED) is 0.627. The summed E-state index contributed by atoms with van der Waals surface area (Å²) in [7, 11) is 0. The van der Waals surface area contributed by atoms with Crippen LogP contribution in [-0.4, -0.2) is 6.54 Å². The molecule has 0 bridgehead atoms. The van der Waals surface area contributed by atoms with Crippen molar-refractivity contribution in [1.29, 1.82) is 0 Å². The molecule has 0 saturated heterocycles. The van der Waals surface area contributed by atoms with E-state index in [9.17, 15) is 0 Å². The molecule has 1 heterocycles. The minimum Gasteiger partial charge on any atom is -0.341 e. The molecule has 0 spiro atoms. The van der Waals surface area contributed by atoms with Gasteiger partial charge in [0.1, 0.15) is 0 Å². The highest BCUT2D eigenvalue weighted by Crippen LogP contribution is 2.36. The zero-order valence-corrected chi connectivity index (χ0v) is 13.6. The Morgan fingerprint density at radius 1 is 1.05 bits per heavy atom. The first-order valence-electron chi connectivity index (χ1n) is 6.99. The van der Waals surface area contributed by atoms with Crippen molar-refractivity contribution in [2.45, 2.75) is 24.6 Å². The molecular weight excluding hydrogens is 334 g/mol. The fourth-order valence-electron chi connectivity index (χ4n) is 2.84. The van der Waals surface area contributed by atoms with E-state index >= 15 is 0 Å². The fraction of sp³-hybridized carbons (Fsp3) is 0.294. The summed E-state index contributed by atoms with van der Waals surface area (Å²) in [6.45, 7) is 1.05. The maximum Gasteiger partial charge on any atom is 0.0466 e. The molecule has 0 atom stereocenters. The predicted molar refractivity (Wildman–Crippen MR) is 90.5 cm³/mol. The third-order valence-corrected chi connectivity index (χ3v) is 4.68. The molecule has 0 aromatic heterocycles. The zero-order valence-electron chi connectivity index (χ0n) is 11.3. The van der Waals surface area contributed by atoms with Gasteiger partial charge in [0, 0.05) is 28.3 Å². The second-order valence-electron chi connectivity index (χ2n) is 5.14. The lowest BCUT2D eigenvalue weighted by molar-refractivity contribution is 0.760. The standard InChI is InChI=1S/C17H17BrClN/c18-12-14-8-9-15(19)11-17(14)20-10-4-3-6-13-5-1-2-7-16(13)20/h1-2,5,7-9,11H,3-4,6,10,12H2. The number of nitrogens with zero attached hydrogens (tertiary/aromatic N) is 1. The molecule has 0 amide bonds. The number of benzene rings is 2. The van der Waals surface area contributed by atoms with E-state index in [4.69, 9.17) is 11.6 Å². The minimum atomic E-state index is 0.798. The van der Waals surface area contributed by atoms with E-state index in [2.05, 4.69) is 57.2 Å². The fourth-order valence-corrected chi connectivity index (χ4v) is 3.48. The zero-order chi connectivity index (χ0) is 13.9. The number of fused-ring (bicyclic) bond motifs is 1. The Labute approximate surface area is 133 Å². The van der Waals surface area contributed by atoms with E-state index in [0.717, 1.165) is 23.3 Å². The van der Waals surface area contributed by atoms with Crippen LogP contribution in [0.2, 0.25) is 5.02 Å². The van der Waals surface area contributed by atoms with Crippen molar-refractivity contribution in [1.82, 2.24) is 0 Å². The first-order chi connectivity index (χ1) is 9.79. The Bertz CT molecular complexity index is 612. The maximum atomic E-state index is 6.22. The number of anilines is 2. The molecule has 0 aliphatic carbocycles. The summed E-state index contributed by atoms with van der Waals surface area (Å²) in [5, 5.41) is 1.64. The van der Waals surface area contributed by atoms with Gasteiger partial charge in [0.05, 0.1) is 0 Å². The molecule has 0 N–H and O–H groups in total. The number of aryl methyl sites for hydroxylation is 1. The molecule has 3 rings (SSSR count). The van der Waals surface area contributed by atoms with E-state index in [1.165, 1.54) is 35.3 Å². The Hall–Kier alpha value is -0.990. The Morgan fingerprint density at radius 2 is 1.90 bits per heavy atom. The lowest BCUT2D eigenvalue weighted by Gasteiger charge is -2.27. The SMILES string of the molecule is Clc1ccc(CBr)c(N2CCCCc3ccccc32)c1. The van der Waals surface area contributed by atoms with E-state index < -0.39 is 0 Å². The summed E-state index contributed by atoms with van der Waals surface area (Å²) < 4.78 is 0. The van der Waals surface area contributed by atoms with E-state index in [1.54, 1.807) is 0 Å². The average Bonchev–Trinajstić information content (AvgIpc) is 2.69. The molecule has 0 fully saturated rings. The molecule has 2 aromatic rings. The molecule has 1 aliphatic rings. The van der Waals surface area contributed by atoms with E-state index in [1.807, 2.05) is 6.07 Å². The van der Waals surface area contributed by atoms with Gasteiger partial charge in [-0.1, -0.05) is 51.8 Å². The van der Waals surface area contributed by atoms with Gasteiger partial charge in [-0.05, 0) is 48.6 Å². The van der Waals surface area contributed by atoms with Gasteiger partial charge in [0.2, 0.25) is 0 Å². The van der Waals surface area contributed by atoms with Crippen LogP contribution in [0.3, 0.4) is 0 Å². The van der Waals surface area contributed by atoms with Gasteiger partial charge in [0.15, 0.2) is 0 Å². The Kier molecular flexibility index (Phi) is 4.32. The topological polar surface area (TPSA) is 3.24 Å². The third kappa shape index (κ3) is 2.72. The van der Waals surface area contributed by atoms with Crippen molar-refractivity contribution in [2.75, 3.05) is 11.4 Å². The molecule has 1 aliphatic heterocycles. The maximum absolute atomic E-state index is 6.22. The molecule has 20 heavy (non-hydrogen) atoms. The first kappa shape index (κ1) is 14.0. The predicted octanol–water partition coefficient (Wildman–Crippen LogP) is 5.71. The van der Waals surface area contributed by atoms with Crippen molar-refractivity contribution >= 4 is 38.9 Å². The van der Waals surface area contributed by atoms with Crippen LogP contribution in [0.1, 0.15) is 24.0 Å². The highest BCUT2D eigenvalue weighted by Gasteiger charge is 2.18. The van der Waals surface area contributed by atoms with Crippen molar-refractivity contribution < 1.29 is 0 Å². The normalized spacial score (nSPS) is 14.8. The van der Waals surface area contributed by atoms with Crippen molar-refractivity contribution in [3.63, 3.8) is 0 Å². The summed E-state index contributed by atoms with van der Waals surface area (Å²) in [4.78, 5) is 2.42. The van der Waals surface area contributed by atoms with Gasteiger partial charge < -0.3 is 4.90 Å². The van der Waals surface area contributed by atoms with Crippen LogP contribution in [0.25, 0.3) is 0 Å². The molecule has 1 nitrogen and oxygen atoms in total. The summed E-state index contributed by atoms with van der Waals surface area (Å²) in [5.41, 5.74) is 5.27. The Balaban J connectivity index is 2.12. The monoisotopic (exact) mass is 349 g/mol. The summed E-state index contributed by atoms with van der Waals surface area (Å²) in [6.07, 6.45) is 3.62. The van der Waals surface area contributed by atoms with Crippen LogP contribution in [0.15, 0.2) is 42.5 Å². The number of hydrogen-bond acceptors (Lipinski definition) is 1. The van der Waals surface area contributed by atoms with Gasteiger partial charge in [-0.3, -0.25) is 0 Å². The minimum absolute atomic E-state index is 0.798. The van der Waals surface area contributed by atoms with Gasteiger partial charge in [0.25, 0.3) is 0 Å². The van der Waals surface area contributed by atoms with E-state index in [-0.39, 0.29) is 0 Å². The number of alkyl halides is 1. The number of para-hydroxylation sites is 1. The first-order valence-corrected chi connectivity index (χ1v) is 8.49. The Morgan fingerprint density at radius 3 is 2.75 bits per heavy atom. The average molecular weight is 351 g/mol. The van der Waals surface area contributed by atoms with Crippen molar-refractivity contribution in [2.24, 2.45) is 0 Å². The van der Waals surface area contributed by atoms with Gasteiger partial charge in [-0.25, -0.2) is 0 Å². The van der Waals surface area contributed by atoms with E-state index in [0.29, 0.717) is 0 Å². The van der Waals surface area contributed by atoms with Crippen LogP contribution in [0.4, 0.5) is 11.4 Å². The number of hydrogen-bond donors (Lipinski definition) is 0. The molecule has 0 saturated carbocycles. The lowest BCUT2D eigenvalue weighted by atomic mass is 10.1. The largest absolute Gasteiger partial charge is 0.341 e. The van der Waals surface area contributed by atoms with Gasteiger partial charge in [-0.15, -0.1) is 0 Å². The van der Waals surface area contributed by atoms with Crippen LogP contribution >= 0.6 is 27.5 Å². The highest BCUT2D eigenvalue weighted by atomic mass is 79.9. The lowest BCUT2D eigenvalue weighted by Crippen LogP contribution is -2.19. The van der Waals surface area contributed by atoms with Crippen LogP contribution in [0, 0.1) is 0 Å². The second-order valence-corrected chi connectivity index (χ2v) is 6.14. The van der Waals surface area contributed by atoms with Gasteiger partial charge >= 0.3 is 0 Å². The van der Waals surface area contributed by atoms with Crippen molar-refractivity contribution in [3.8, 4) is 0 Å². The second kappa shape index (κ2) is 6.19. The van der Waals surface area contributed by atoms with Crippen LogP contribution in [-0.2, 0) is 11.8 Å². The van der Waals surface area contributed by atoms with Crippen molar-refractivity contribution in [3.05, 3.63) is 58.6 Å². The summed E-state index contributed by atoms with van der Waals surface area (Å²) in [6, 6.07) is 14.9. The molecule has 104 valence electrons. The molecule has 0 radical (unpaired) electrons. The number of halogens is 2. The highest BCUT2D eigenvalue weighted by molar-refractivity contribution is 9.08. The number of rotatable bonds is 2. The smallest absolute Gasteiger partial charge is 0.0466 e. The third-order valence-electron chi connectivity index (χ3n) is 3.84. The summed E-state index contributed by atoms with van der Waals surface area (Å²) in [5.74, 6) is 0. The molecule has 0 unspecified atom stereocenters. The summed E-state index contributed by atoms with van der Waals surface area (Å²) >= 11 is 9.81. The van der Waals surface area contributed by atoms with Crippen LogP contribution < -0.4 is 4.90 Å². The molecule has 2 aromatic carbocycles. The van der Waals surface area contributed by atoms with Crippen LogP contribution in [0.5, 0.6) is 0 Å².